The number of halogens is 3. The van der Waals surface area contributed by atoms with Gasteiger partial charge in [-0.15, -0.1) is 16.4 Å². The van der Waals surface area contributed by atoms with E-state index in [2.05, 4.69) is 10.1 Å². The van der Waals surface area contributed by atoms with Gasteiger partial charge < -0.3 is 5.73 Å². The number of aromatic nitrogens is 3. The molecule has 3 aromatic rings. The number of hydrogen-bond donors (Lipinski definition) is 1. The van der Waals surface area contributed by atoms with Crippen molar-refractivity contribution in [3.8, 4) is 11.3 Å². The van der Waals surface area contributed by atoms with Crippen molar-refractivity contribution in [2.45, 2.75) is 13.1 Å². The summed E-state index contributed by atoms with van der Waals surface area (Å²) in [6.45, 7) is 1.88. The third kappa shape index (κ3) is 2.01. The molecule has 0 saturated carbocycles. The lowest BCUT2D eigenvalue weighted by molar-refractivity contribution is -0.144. The fraction of sp³-hybridized carbons (Fsp3) is 0.167. The number of anilines is 1. The Morgan fingerprint density at radius 2 is 2.05 bits per heavy atom. The molecule has 4 nitrogen and oxygen atoms in total. The van der Waals surface area contributed by atoms with E-state index in [4.69, 9.17) is 5.73 Å². The molecule has 1 aromatic carbocycles. The molecule has 3 rings (SSSR count). The van der Waals surface area contributed by atoms with Crippen LogP contribution < -0.4 is 5.73 Å². The van der Waals surface area contributed by atoms with Crippen LogP contribution in [0.3, 0.4) is 0 Å². The van der Waals surface area contributed by atoms with Gasteiger partial charge in [-0.1, -0.05) is 11.6 Å². The molecule has 20 heavy (non-hydrogen) atoms. The Kier molecular flexibility index (Phi) is 2.72. The van der Waals surface area contributed by atoms with Gasteiger partial charge in [-0.05, 0) is 19.1 Å². The first-order chi connectivity index (χ1) is 9.36. The molecule has 0 unspecified atom stereocenters. The van der Waals surface area contributed by atoms with Gasteiger partial charge in [0, 0.05) is 16.6 Å². The lowest BCUT2D eigenvalue weighted by Crippen LogP contribution is -2.08. The van der Waals surface area contributed by atoms with Crippen LogP contribution in [0.25, 0.3) is 16.2 Å². The van der Waals surface area contributed by atoms with Crippen LogP contribution in [0.2, 0.25) is 0 Å². The van der Waals surface area contributed by atoms with Gasteiger partial charge in [-0.2, -0.15) is 18.2 Å². The quantitative estimate of drug-likeness (QED) is 0.701. The van der Waals surface area contributed by atoms with Crippen LogP contribution in [0.1, 0.15) is 11.4 Å². The van der Waals surface area contributed by atoms with E-state index in [1.54, 1.807) is 11.4 Å². The topological polar surface area (TPSA) is 56.2 Å². The summed E-state index contributed by atoms with van der Waals surface area (Å²) in [4.78, 5) is 3.67. The SMILES string of the molecule is Cc1ccc(N)c(-c2csc3nc(C(F)(F)F)nn23)c1. The molecule has 104 valence electrons. The molecule has 2 heterocycles. The first-order valence-electron chi connectivity index (χ1n) is 5.64. The van der Waals surface area contributed by atoms with E-state index < -0.39 is 12.0 Å². The van der Waals surface area contributed by atoms with E-state index in [0.29, 0.717) is 16.9 Å². The minimum Gasteiger partial charge on any atom is -0.398 e. The van der Waals surface area contributed by atoms with Crippen LogP contribution in [0.15, 0.2) is 23.6 Å². The molecule has 0 atom stereocenters. The fourth-order valence-corrected chi connectivity index (χ4v) is 2.70. The lowest BCUT2D eigenvalue weighted by atomic mass is 10.1. The Morgan fingerprint density at radius 3 is 2.75 bits per heavy atom. The predicted octanol–water partition coefficient (Wildman–Crippen LogP) is 3.37. The number of alkyl halides is 3. The maximum Gasteiger partial charge on any atom is 0.453 e. The average Bonchev–Trinajstić information content (AvgIpc) is 2.91. The van der Waals surface area contributed by atoms with Crippen molar-refractivity contribution in [2.24, 2.45) is 0 Å². The van der Waals surface area contributed by atoms with Gasteiger partial charge >= 0.3 is 6.18 Å². The number of benzene rings is 1. The molecule has 0 saturated heterocycles. The Hall–Kier alpha value is -2.09. The third-order valence-electron chi connectivity index (χ3n) is 2.82. The van der Waals surface area contributed by atoms with E-state index in [0.717, 1.165) is 16.9 Å². The molecular formula is C12H9F3N4S. The zero-order valence-corrected chi connectivity index (χ0v) is 11.1. The highest BCUT2D eigenvalue weighted by atomic mass is 32.1. The van der Waals surface area contributed by atoms with Gasteiger partial charge in [0.05, 0.1) is 5.69 Å². The number of thiazole rings is 1. The van der Waals surface area contributed by atoms with Gasteiger partial charge in [0.2, 0.25) is 4.96 Å². The number of hydrogen-bond acceptors (Lipinski definition) is 4. The maximum absolute atomic E-state index is 12.6. The van der Waals surface area contributed by atoms with Gasteiger partial charge in [0.1, 0.15) is 0 Å². The Bertz CT molecular complexity index is 788. The highest BCUT2D eigenvalue weighted by Gasteiger charge is 2.36. The van der Waals surface area contributed by atoms with Crippen molar-refractivity contribution >= 4 is 22.0 Å². The van der Waals surface area contributed by atoms with Gasteiger partial charge in [-0.25, -0.2) is 4.52 Å². The molecular weight excluding hydrogens is 289 g/mol. The molecule has 8 heteroatoms. The minimum absolute atomic E-state index is 0.188. The normalized spacial score (nSPS) is 12.2. The Morgan fingerprint density at radius 1 is 1.30 bits per heavy atom. The molecule has 0 aliphatic carbocycles. The first kappa shape index (κ1) is 12.9. The number of nitrogen functional groups attached to an aromatic ring is 1. The summed E-state index contributed by atoms with van der Waals surface area (Å²) in [5.41, 5.74) is 8.49. The second-order valence-corrected chi connectivity index (χ2v) is 5.18. The molecule has 2 N–H and O–H groups in total. The summed E-state index contributed by atoms with van der Waals surface area (Å²) in [5, 5.41) is 5.22. The van der Waals surface area contributed by atoms with Crippen LogP contribution in [0.4, 0.5) is 18.9 Å². The van der Waals surface area contributed by atoms with E-state index in [1.807, 2.05) is 19.1 Å². The highest BCUT2D eigenvalue weighted by molar-refractivity contribution is 7.15. The van der Waals surface area contributed by atoms with Gasteiger partial charge in [-0.3, -0.25) is 0 Å². The van der Waals surface area contributed by atoms with E-state index >= 15 is 0 Å². The molecule has 0 bridgehead atoms. The van der Waals surface area contributed by atoms with Gasteiger partial charge in [0.25, 0.3) is 5.82 Å². The lowest BCUT2D eigenvalue weighted by Gasteiger charge is -2.05. The number of nitrogens with zero attached hydrogens (tertiary/aromatic N) is 3. The summed E-state index contributed by atoms with van der Waals surface area (Å²) >= 11 is 1.09. The number of aryl methyl sites for hydroxylation is 1. The third-order valence-corrected chi connectivity index (χ3v) is 3.64. The summed E-state index contributed by atoms with van der Waals surface area (Å²) in [6, 6.07) is 5.37. The van der Waals surface area contributed by atoms with Crippen LogP contribution in [0.5, 0.6) is 0 Å². The van der Waals surface area contributed by atoms with Crippen molar-refractivity contribution in [3.63, 3.8) is 0 Å². The molecule has 0 aliphatic rings. The average molecular weight is 298 g/mol. The molecule has 0 fully saturated rings. The highest BCUT2D eigenvalue weighted by Crippen LogP contribution is 2.33. The van der Waals surface area contributed by atoms with E-state index in [9.17, 15) is 13.2 Å². The van der Waals surface area contributed by atoms with Gasteiger partial charge in [0.15, 0.2) is 0 Å². The van der Waals surface area contributed by atoms with Crippen LogP contribution in [0, 0.1) is 6.92 Å². The molecule has 2 aromatic heterocycles. The zero-order chi connectivity index (χ0) is 14.5. The van der Waals surface area contributed by atoms with Crippen molar-refractivity contribution in [1.29, 1.82) is 0 Å². The molecule has 0 spiro atoms. The van der Waals surface area contributed by atoms with E-state index in [1.165, 1.54) is 4.52 Å². The molecule has 0 amide bonds. The predicted molar refractivity (Wildman–Crippen MR) is 70.5 cm³/mol. The molecule has 0 radical (unpaired) electrons. The smallest absolute Gasteiger partial charge is 0.398 e. The van der Waals surface area contributed by atoms with Crippen molar-refractivity contribution in [1.82, 2.24) is 14.6 Å². The van der Waals surface area contributed by atoms with E-state index in [-0.39, 0.29) is 4.96 Å². The van der Waals surface area contributed by atoms with Crippen LogP contribution >= 0.6 is 11.3 Å². The minimum atomic E-state index is -4.55. The zero-order valence-electron chi connectivity index (χ0n) is 10.3. The summed E-state index contributed by atoms with van der Waals surface area (Å²) < 4.78 is 39.0. The van der Waals surface area contributed by atoms with Crippen molar-refractivity contribution in [2.75, 3.05) is 5.73 Å². The number of fused-ring (bicyclic) bond motifs is 1. The second kappa shape index (κ2) is 4.20. The standard InChI is InChI=1S/C12H9F3N4S/c1-6-2-3-8(16)7(4-6)9-5-20-11-17-10(12(13,14)15)18-19(9)11/h2-5H,16H2,1H3. The van der Waals surface area contributed by atoms with Crippen LogP contribution in [-0.4, -0.2) is 14.6 Å². The first-order valence-corrected chi connectivity index (χ1v) is 6.52. The van der Waals surface area contributed by atoms with Crippen molar-refractivity contribution in [3.05, 3.63) is 35.0 Å². The second-order valence-electron chi connectivity index (χ2n) is 4.34. The Labute approximate surface area is 115 Å². The summed E-state index contributed by atoms with van der Waals surface area (Å²) in [6.07, 6.45) is -4.55. The fourth-order valence-electron chi connectivity index (χ4n) is 1.88. The van der Waals surface area contributed by atoms with Crippen LogP contribution in [-0.2, 0) is 6.18 Å². The number of nitrogens with two attached hydrogens (primary N) is 1. The number of rotatable bonds is 1. The maximum atomic E-state index is 12.6. The monoisotopic (exact) mass is 298 g/mol. The summed E-state index contributed by atoms with van der Waals surface area (Å²) in [5.74, 6) is -1.14. The summed E-state index contributed by atoms with van der Waals surface area (Å²) in [7, 11) is 0. The Balaban J connectivity index is 2.22. The van der Waals surface area contributed by atoms with Crippen molar-refractivity contribution < 1.29 is 13.2 Å². The molecule has 0 aliphatic heterocycles. The largest absolute Gasteiger partial charge is 0.453 e.